The van der Waals surface area contributed by atoms with Crippen molar-refractivity contribution in [3.63, 3.8) is 0 Å². The second-order valence-corrected chi connectivity index (χ2v) is 9.86. The molecule has 0 radical (unpaired) electrons. The Morgan fingerprint density at radius 3 is 2.15 bits per heavy atom. The molecule has 0 bridgehead atoms. The van der Waals surface area contributed by atoms with Gasteiger partial charge in [-0.25, -0.2) is 8.42 Å². The highest BCUT2D eigenvalue weighted by Crippen LogP contribution is 2.32. The Kier molecular flexibility index (Phi) is 6.86. The highest BCUT2D eigenvalue weighted by Gasteiger charge is 2.30. The van der Waals surface area contributed by atoms with E-state index in [4.69, 9.17) is 4.74 Å². The van der Waals surface area contributed by atoms with Crippen molar-refractivity contribution in [3.05, 3.63) is 78.4 Å². The number of halogens is 3. The van der Waals surface area contributed by atoms with Crippen molar-refractivity contribution in [1.29, 1.82) is 0 Å². The lowest BCUT2D eigenvalue weighted by Crippen LogP contribution is -2.36. The average molecular weight is 491 g/mol. The van der Waals surface area contributed by atoms with E-state index < -0.39 is 21.8 Å². The highest BCUT2D eigenvalue weighted by atomic mass is 32.2. The van der Waals surface area contributed by atoms with Crippen LogP contribution in [0.2, 0.25) is 0 Å². The molecule has 180 valence electrons. The van der Waals surface area contributed by atoms with Gasteiger partial charge < -0.3 is 9.64 Å². The van der Waals surface area contributed by atoms with Crippen LogP contribution >= 0.6 is 0 Å². The number of alkyl halides is 3. The zero-order valence-corrected chi connectivity index (χ0v) is 19.4. The summed E-state index contributed by atoms with van der Waals surface area (Å²) in [5.74, 6) is 0. The number of rotatable bonds is 6. The minimum atomic E-state index is -4.45. The Balaban J connectivity index is 1.45. The smallest absolute Gasteiger partial charge is 0.381 e. The van der Waals surface area contributed by atoms with Crippen LogP contribution in [0.3, 0.4) is 0 Å². The molecule has 0 unspecified atom stereocenters. The van der Waals surface area contributed by atoms with Gasteiger partial charge in [0.15, 0.2) is 0 Å². The molecule has 0 aliphatic carbocycles. The van der Waals surface area contributed by atoms with Gasteiger partial charge in [-0.2, -0.15) is 13.2 Å². The third-order valence-electron chi connectivity index (χ3n) is 5.95. The van der Waals surface area contributed by atoms with E-state index in [1.54, 1.807) is 25.3 Å². The Morgan fingerprint density at radius 1 is 0.912 bits per heavy atom. The first kappa shape index (κ1) is 24.1. The van der Waals surface area contributed by atoms with Crippen LogP contribution in [0.5, 0.6) is 0 Å². The van der Waals surface area contributed by atoms with E-state index in [9.17, 15) is 21.6 Å². The topological polar surface area (TPSA) is 58.6 Å². The molecule has 34 heavy (non-hydrogen) atoms. The average Bonchev–Trinajstić information content (AvgIpc) is 2.84. The molecular weight excluding hydrogens is 465 g/mol. The Morgan fingerprint density at radius 2 is 1.56 bits per heavy atom. The molecule has 0 aromatic heterocycles. The molecule has 9 heteroatoms. The van der Waals surface area contributed by atoms with Crippen LogP contribution in [0.25, 0.3) is 11.1 Å². The number of hydrogen-bond donors (Lipinski definition) is 1. The van der Waals surface area contributed by atoms with Gasteiger partial charge in [-0.3, -0.25) is 4.72 Å². The normalized spacial score (nSPS) is 15.4. The molecule has 1 heterocycles. The minimum absolute atomic E-state index is 0.0222. The SMILES string of the molecule is COC1CCN(c2ccc(NS(=O)(=O)c3ccc(-c4cccc(C(F)(F)F)c4)cc3)cc2)CC1. The molecule has 5 nitrogen and oxygen atoms in total. The molecule has 1 fully saturated rings. The van der Waals surface area contributed by atoms with Crippen LogP contribution in [0, 0.1) is 0 Å². The van der Waals surface area contributed by atoms with Crippen LogP contribution in [-0.2, 0) is 20.9 Å². The van der Waals surface area contributed by atoms with Gasteiger partial charge in [-0.05, 0) is 72.5 Å². The summed E-state index contributed by atoms with van der Waals surface area (Å²) >= 11 is 0. The van der Waals surface area contributed by atoms with E-state index >= 15 is 0 Å². The molecule has 0 atom stereocenters. The standard InChI is InChI=1S/C25H25F3N2O3S/c1-33-23-13-15-30(16-14-23)22-9-7-21(8-10-22)29-34(31,32)24-11-5-18(6-12-24)19-3-2-4-20(17-19)25(26,27)28/h2-12,17,23,29H,13-16H2,1H3. The molecule has 1 saturated heterocycles. The summed E-state index contributed by atoms with van der Waals surface area (Å²) < 4.78 is 72.5. The molecule has 1 aliphatic heterocycles. The van der Waals surface area contributed by atoms with E-state index in [1.165, 1.54) is 30.3 Å². The van der Waals surface area contributed by atoms with Crippen LogP contribution in [0.4, 0.5) is 24.5 Å². The van der Waals surface area contributed by atoms with E-state index in [-0.39, 0.29) is 11.0 Å². The van der Waals surface area contributed by atoms with Crippen molar-refractivity contribution < 1.29 is 26.3 Å². The molecule has 1 N–H and O–H groups in total. The van der Waals surface area contributed by atoms with E-state index in [0.29, 0.717) is 16.8 Å². The van der Waals surface area contributed by atoms with Gasteiger partial charge in [0.05, 0.1) is 16.6 Å². The summed E-state index contributed by atoms with van der Waals surface area (Å²) in [6.45, 7) is 1.75. The molecule has 4 rings (SSSR count). The van der Waals surface area contributed by atoms with Crippen molar-refractivity contribution >= 4 is 21.4 Å². The number of hydrogen-bond acceptors (Lipinski definition) is 4. The minimum Gasteiger partial charge on any atom is -0.381 e. The fraction of sp³-hybridized carbons (Fsp3) is 0.280. The molecule has 0 amide bonds. The fourth-order valence-corrected chi connectivity index (χ4v) is 5.06. The fourth-order valence-electron chi connectivity index (χ4n) is 4.01. The number of anilines is 2. The molecule has 1 aliphatic rings. The van der Waals surface area contributed by atoms with Crippen LogP contribution in [-0.4, -0.2) is 34.7 Å². The maximum Gasteiger partial charge on any atom is 0.416 e. The molecule has 3 aromatic rings. The van der Waals surface area contributed by atoms with E-state index in [0.717, 1.165) is 43.8 Å². The van der Waals surface area contributed by atoms with Crippen molar-refractivity contribution in [2.45, 2.75) is 30.0 Å². The first-order valence-corrected chi connectivity index (χ1v) is 12.3. The number of benzene rings is 3. The van der Waals surface area contributed by atoms with Crippen LogP contribution in [0.15, 0.2) is 77.7 Å². The second kappa shape index (κ2) is 9.68. The van der Waals surface area contributed by atoms with Gasteiger partial charge >= 0.3 is 6.18 Å². The molecular formula is C25H25F3N2O3S. The third-order valence-corrected chi connectivity index (χ3v) is 7.35. The maximum atomic E-state index is 13.0. The monoisotopic (exact) mass is 490 g/mol. The van der Waals surface area contributed by atoms with Gasteiger partial charge in [-0.1, -0.05) is 24.3 Å². The summed E-state index contributed by atoms with van der Waals surface area (Å²) in [5, 5.41) is 0. The number of ether oxygens (including phenoxy) is 1. The Hall–Kier alpha value is -3.04. The molecule has 0 spiro atoms. The Bertz CT molecular complexity index is 1220. The molecule has 3 aromatic carbocycles. The van der Waals surface area contributed by atoms with Gasteiger partial charge in [0, 0.05) is 31.6 Å². The number of methoxy groups -OCH3 is 1. The predicted molar refractivity (Wildman–Crippen MR) is 126 cm³/mol. The quantitative estimate of drug-likeness (QED) is 0.475. The van der Waals surface area contributed by atoms with Crippen molar-refractivity contribution in [2.75, 3.05) is 29.8 Å². The third kappa shape index (κ3) is 5.53. The van der Waals surface area contributed by atoms with Gasteiger partial charge in [0.1, 0.15) is 0 Å². The van der Waals surface area contributed by atoms with Gasteiger partial charge in [0.25, 0.3) is 10.0 Å². The van der Waals surface area contributed by atoms with Crippen LogP contribution < -0.4 is 9.62 Å². The lowest BCUT2D eigenvalue weighted by atomic mass is 10.0. The van der Waals surface area contributed by atoms with Gasteiger partial charge in [0.2, 0.25) is 0 Å². The first-order chi connectivity index (χ1) is 16.2. The van der Waals surface area contributed by atoms with Crippen molar-refractivity contribution in [3.8, 4) is 11.1 Å². The summed E-state index contributed by atoms with van der Waals surface area (Å²) in [7, 11) is -2.13. The van der Waals surface area contributed by atoms with Crippen molar-refractivity contribution in [1.82, 2.24) is 0 Å². The summed E-state index contributed by atoms with van der Waals surface area (Å²) in [6.07, 6.45) is -2.27. The summed E-state index contributed by atoms with van der Waals surface area (Å²) in [6, 6.07) is 17.9. The number of nitrogens with zero attached hydrogens (tertiary/aromatic N) is 1. The Labute approximate surface area is 197 Å². The summed E-state index contributed by atoms with van der Waals surface area (Å²) in [5.41, 5.74) is 1.54. The predicted octanol–water partition coefficient (Wildman–Crippen LogP) is 5.79. The lowest BCUT2D eigenvalue weighted by Gasteiger charge is -2.33. The van der Waals surface area contributed by atoms with E-state index in [1.807, 2.05) is 12.1 Å². The maximum absolute atomic E-state index is 13.0. The zero-order valence-electron chi connectivity index (χ0n) is 18.5. The summed E-state index contributed by atoms with van der Waals surface area (Å²) in [4.78, 5) is 2.26. The highest BCUT2D eigenvalue weighted by molar-refractivity contribution is 7.92. The van der Waals surface area contributed by atoms with E-state index in [2.05, 4.69) is 9.62 Å². The van der Waals surface area contributed by atoms with Gasteiger partial charge in [-0.15, -0.1) is 0 Å². The number of nitrogens with one attached hydrogen (secondary N) is 1. The second-order valence-electron chi connectivity index (χ2n) is 8.18. The molecule has 0 saturated carbocycles. The number of piperidine rings is 1. The zero-order chi connectivity index (χ0) is 24.3. The number of sulfonamides is 1. The first-order valence-electron chi connectivity index (χ1n) is 10.8. The van der Waals surface area contributed by atoms with Crippen LogP contribution in [0.1, 0.15) is 18.4 Å². The lowest BCUT2D eigenvalue weighted by molar-refractivity contribution is -0.137. The van der Waals surface area contributed by atoms with Crippen molar-refractivity contribution in [2.24, 2.45) is 0 Å². The largest absolute Gasteiger partial charge is 0.416 e.